The normalized spacial score (nSPS) is 13.6. The van der Waals surface area contributed by atoms with Gasteiger partial charge in [-0.2, -0.15) is 0 Å². The minimum Gasteiger partial charge on any atom is -0.396 e. The zero-order valence-electron chi connectivity index (χ0n) is 9.15. The summed E-state index contributed by atoms with van der Waals surface area (Å²) in [6.07, 6.45) is 0.382. The van der Waals surface area contributed by atoms with Gasteiger partial charge in [-0.15, -0.1) is 0 Å². The van der Waals surface area contributed by atoms with Gasteiger partial charge in [-0.25, -0.2) is 13.1 Å². The molecule has 96 valence electrons. The first-order valence-corrected chi connectivity index (χ1v) is 8.02. The Morgan fingerprint density at radius 1 is 1.41 bits per heavy atom. The van der Waals surface area contributed by atoms with Crippen LogP contribution in [0.1, 0.15) is 13.3 Å². The van der Waals surface area contributed by atoms with Gasteiger partial charge in [-0.05, 0) is 47.5 Å². The van der Waals surface area contributed by atoms with Gasteiger partial charge in [0.2, 0.25) is 10.0 Å². The number of halogens is 2. The third-order valence-corrected chi connectivity index (χ3v) is 5.16. The van der Waals surface area contributed by atoms with E-state index >= 15 is 0 Å². The number of nitrogens with one attached hydrogen (secondary N) is 1. The zero-order valence-corrected chi connectivity index (χ0v) is 13.1. The summed E-state index contributed by atoms with van der Waals surface area (Å²) in [4.78, 5) is 0.186. The van der Waals surface area contributed by atoms with Crippen molar-refractivity contribution in [1.29, 1.82) is 0 Å². The summed E-state index contributed by atoms with van der Waals surface area (Å²) in [6, 6.07) is 4.55. The van der Waals surface area contributed by atoms with E-state index in [9.17, 15) is 8.42 Å². The summed E-state index contributed by atoms with van der Waals surface area (Å²) in [5.74, 6) is 0. The summed E-state index contributed by atoms with van der Waals surface area (Å²) in [5.41, 5.74) is 0. The average Bonchev–Trinajstić information content (AvgIpc) is 2.15. The molecule has 1 aromatic rings. The molecular formula is C10H13Br2NO3S. The van der Waals surface area contributed by atoms with Crippen LogP contribution in [0.3, 0.4) is 0 Å². The van der Waals surface area contributed by atoms with Gasteiger partial charge < -0.3 is 5.11 Å². The Morgan fingerprint density at radius 3 is 2.59 bits per heavy atom. The van der Waals surface area contributed by atoms with Crippen LogP contribution in [0.5, 0.6) is 0 Å². The first-order chi connectivity index (χ1) is 7.86. The van der Waals surface area contributed by atoms with Crippen molar-refractivity contribution in [2.45, 2.75) is 24.3 Å². The Bertz CT molecular complexity index is 490. The molecule has 0 spiro atoms. The number of sulfonamides is 1. The first-order valence-electron chi connectivity index (χ1n) is 4.95. The maximum absolute atomic E-state index is 12.0. The van der Waals surface area contributed by atoms with Crippen LogP contribution in [0.15, 0.2) is 32.0 Å². The number of aliphatic hydroxyl groups is 1. The van der Waals surface area contributed by atoms with E-state index in [-0.39, 0.29) is 17.5 Å². The van der Waals surface area contributed by atoms with E-state index in [2.05, 4.69) is 36.6 Å². The Kier molecular flexibility index (Phi) is 5.59. The van der Waals surface area contributed by atoms with Crippen molar-refractivity contribution >= 4 is 41.9 Å². The quantitative estimate of drug-likeness (QED) is 0.815. The molecule has 0 saturated carbocycles. The van der Waals surface area contributed by atoms with E-state index in [4.69, 9.17) is 5.11 Å². The molecule has 1 atom stereocenters. The van der Waals surface area contributed by atoms with Crippen molar-refractivity contribution in [3.8, 4) is 0 Å². The molecule has 0 aliphatic carbocycles. The number of hydrogen-bond donors (Lipinski definition) is 2. The molecule has 0 aromatic heterocycles. The molecule has 1 rings (SSSR count). The van der Waals surface area contributed by atoms with E-state index in [0.29, 0.717) is 10.9 Å². The zero-order chi connectivity index (χ0) is 13.1. The highest BCUT2D eigenvalue weighted by Crippen LogP contribution is 2.25. The van der Waals surface area contributed by atoms with E-state index in [0.717, 1.165) is 4.47 Å². The third-order valence-electron chi connectivity index (χ3n) is 2.10. The maximum Gasteiger partial charge on any atom is 0.241 e. The second kappa shape index (κ2) is 6.29. The van der Waals surface area contributed by atoms with Gasteiger partial charge in [-0.1, -0.05) is 15.9 Å². The molecule has 1 unspecified atom stereocenters. The van der Waals surface area contributed by atoms with Crippen LogP contribution in [0.25, 0.3) is 0 Å². The van der Waals surface area contributed by atoms with Gasteiger partial charge in [0.15, 0.2) is 0 Å². The van der Waals surface area contributed by atoms with Crippen molar-refractivity contribution in [3.05, 3.63) is 27.1 Å². The lowest BCUT2D eigenvalue weighted by atomic mass is 10.3. The van der Waals surface area contributed by atoms with Crippen LogP contribution in [-0.2, 0) is 10.0 Å². The summed E-state index contributed by atoms with van der Waals surface area (Å²) >= 11 is 6.47. The Labute approximate surface area is 118 Å². The van der Waals surface area contributed by atoms with Crippen molar-refractivity contribution in [2.24, 2.45) is 0 Å². The van der Waals surface area contributed by atoms with Gasteiger partial charge in [0, 0.05) is 21.6 Å². The van der Waals surface area contributed by atoms with Gasteiger partial charge in [-0.3, -0.25) is 0 Å². The molecule has 2 N–H and O–H groups in total. The van der Waals surface area contributed by atoms with Crippen LogP contribution >= 0.6 is 31.9 Å². The second-order valence-electron chi connectivity index (χ2n) is 3.61. The predicted molar refractivity (Wildman–Crippen MR) is 73.3 cm³/mol. The van der Waals surface area contributed by atoms with Gasteiger partial charge in [0.25, 0.3) is 0 Å². The van der Waals surface area contributed by atoms with Gasteiger partial charge in [0.05, 0.1) is 4.90 Å². The smallest absolute Gasteiger partial charge is 0.241 e. The van der Waals surface area contributed by atoms with Crippen LogP contribution < -0.4 is 4.72 Å². The van der Waals surface area contributed by atoms with Gasteiger partial charge in [0.1, 0.15) is 0 Å². The first kappa shape index (κ1) is 15.1. The van der Waals surface area contributed by atoms with E-state index < -0.39 is 10.0 Å². The predicted octanol–water partition coefficient (Wildman–Crippen LogP) is 2.26. The van der Waals surface area contributed by atoms with Crippen molar-refractivity contribution in [2.75, 3.05) is 6.61 Å². The molecule has 0 fully saturated rings. The number of hydrogen-bond acceptors (Lipinski definition) is 3. The molecular weight excluding hydrogens is 374 g/mol. The molecule has 0 aliphatic heterocycles. The number of benzene rings is 1. The minimum absolute atomic E-state index is 0.0504. The van der Waals surface area contributed by atoms with Gasteiger partial charge >= 0.3 is 0 Å². The maximum atomic E-state index is 12.0. The van der Waals surface area contributed by atoms with Crippen molar-refractivity contribution < 1.29 is 13.5 Å². The molecule has 0 radical (unpaired) electrons. The highest BCUT2D eigenvalue weighted by Gasteiger charge is 2.19. The molecule has 0 aliphatic rings. The summed E-state index contributed by atoms with van der Waals surface area (Å²) in [7, 11) is -3.56. The number of rotatable bonds is 5. The molecule has 0 bridgehead atoms. The van der Waals surface area contributed by atoms with E-state index in [1.54, 1.807) is 19.1 Å². The summed E-state index contributed by atoms with van der Waals surface area (Å²) < 4.78 is 27.8. The number of aliphatic hydroxyl groups excluding tert-OH is 1. The topological polar surface area (TPSA) is 66.4 Å². The van der Waals surface area contributed by atoms with E-state index in [1.165, 1.54) is 6.07 Å². The highest BCUT2D eigenvalue weighted by atomic mass is 79.9. The summed E-state index contributed by atoms with van der Waals surface area (Å²) in [5, 5.41) is 8.74. The lowest BCUT2D eigenvalue weighted by Gasteiger charge is -2.14. The van der Waals surface area contributed by atoms with Crippen LogP contribution in [0.2, 0.25) is 0 Å². The Hall–Kier alpha value is 0.0500. The Morgan fingerprint density at radius 2 is 2.06 bits per heavy atom. The monoisotopic (exact) mass is 385 g/mol. The molecule has 17 heavy (non-hydrogen) atoms. The Balaban J connectivity index is 2.97. The average molecular weight is 387 g/mol. The minimum atomic E-state index is -3.56. The van der Waals surface area contributed by atoms with Crippen LogP contribution in [0, 0.1) is 0 Å². The highest BCUT2D eigenvalue weighted by molar-refractivity contribution is 9.11. The third kappa shape index (κ3) is 4.33. The van der Waals surface area contributed by atoms with E-state index in [1.807, 2.05) is 0 Å². The molecule has 7 heteroatoms. The SMILES string of the molecule is CC(CCO)NS(=O)(=O)c1ccc(Br)cc1Br. The second-order valence-corrected chi connectivity index (χ2v) is 7.06. The van der Waals surface area contributed by atoms with Crippen LogP contribution in [-0.4, -0.2) is 26.2 Å². The molecule has 4 nitrogen and oxygen atoms in total. The largest absolute Gasteiger partial charge is 0.396 e. The standard InChI is InChI=1S/C10H13Br2NO3S/c1-7(4-5-14)13-17(15,16)10-3-2-8(11)6-9(10)12/h2-3,6-7,13-14H,4-5H2,1H3. The lowest BCUT2D eigenvalue weighted by Crippen LogP contribution is -2.33. The molecule has 0 saturated heterocycles. The summed E-state index contributed by atoms with van der Waals surface area (Å²) in [6.45, 7) is 1.66. The fourth-order valence-corrected chi connectivity index (χ4v) is 4.30. The fraction of sp³-hybridized carbons (Fsp3) is 0.400. The van der Waals surface area contributed by atoms with Crippen molar-refractivity contribution in [3.63, 3.8) is 0 Å². The van der Waals surface area contributed by atoms with Crippen LogP contribution in [0.4, 0.5) is 0 Å². The molecule has 1 aromatic carbocycles. The fourth-order valence-electron chi connectivity index (χ4n) is 1.27. The molecule has 0 heterocycles. The van der Waals surface area contributed by atoms with Crippen molar-refractivity contribution in [1.82, 2.24) is 4.72 Å². The lowest BCUT2D eigenvalue weighted by molar-refractivity contribution is 0.275. The molecule has 0 amide bonds.